The molecule has 6 nitrogen and oxygen atoms in total. The molecule has 1 amide bonds. The smallest absolute Gasteiger partial charge is 0.287 e. The van der Waals surface area contributed by atoms with E-state index >= 15 is 0 Å². The molecule has 2 aromatic rings. The van der Waals surface area contributed by atoms with Gasteiger partial charge in [0.15, 0.2) is 11.7 Å². The van der Waals surface area contributed by atoms with Gasteiger partial charge in [-0.25, -0.2) is 0 Å². The molecule has 1 heterocycles. The highest BCUT2D eigenvalue weighted by Crippen LogP contribution is 2.16. The number of aliphatic imine (C=N–C) groups is 1. The minimum absolute atomic E-state index is 0. The van der Waals surface area contributed by atoms with Crippen LogP contribution in [0.4, 0.5) is 0 Å². The zero-order valence-corrected chi connectivity index (χ0v) is 19.4. The number of benzene rings is 1. The standard InChI is InChI=1S/C21H30N4O2.HI/c1-5-22-21(25-17(4)18-10-7-6-9-15(18)2)24-13-8-12-23-20(26)19-16(3)11-14-27-19;/h6-7,9-11,14,17H,5,8,12-13H2,1-4H3,(H,23,26)(H2,22,24,25);1H. The summed E-state index contributed by atoms with van der Waals surface area (Å²) in [6.07, 6.45) is 2.28. The van der Waals surface area contributed by atoms with Gasteiger partial charge in [-0.15, -0.1) is 24.0 Å². The normalized spacial score (nSPS) is 12.1. The first-order valence-electron chi connectivity index (χ1n) is 9.45. The lowest BCUT2D eigenvalue weighted by Gasteiger charge is -2.19. The van der Waals surface area contributed by atoms with Crippen molar-refractivity contribution in [2.24, 2.45) is 4.99 Å². The number of rotatable bonds is 8. The molecule has 0 aliphatic heterocycles. The van der Waals surface area contributed by atoms with E-state index in [1.54, 1.807) is 6.07 Å². The number of carbonyl (C=O) groups is 1. The second kappa shape index (κ2) is 12.4. The highest BCUT2D eigenvalue weighted by molar-refractivity contribution is 14.0. The maximum atomic E-state index is 12.0. The maximum Gasteiger partial charge on any atom is 0.287 e. The molecule has 1 unspecified atom stereocenters. The molecule has 2 rings (SSSR count). The van der Waals surface area contributed by atoms with Crippen LogP contribution < -0.4 is 16.0 Å². The first-order chi connectivity index (χ1) is 13.0. The molecule has 0 radical (unpaired) electrons. The van der Waals surface area contributed by atoms with Gasteiger partial charge in [0.05, 0.1) is 12.3 Å². The van der Waals surface area contributed by atoms with Crippen LogP contribution in [0.3, 0.4) is 0 Å². The number of guanidine groups is 1. The van der Waals surface area contributed by atoms with Gasteiger partial charge < -0.3 is 20.4 Å². The molecule has 3 N–H and O–H groups in total. The minimum atomic E-state index is -0.181. The Morgan fingerprint density at radius 1 is 1.14 bits per heavy atom. The van der Waals surface area contributed by atoms with Crippen molar-refractivity contribution in [2.45, 2.75) is 40.2 Å². The van der Waals surface area contributed by atoms with E-state index in [4.69, 9.17) is 4.42 Å². The van der Waals surface area contributed by atoms with E-state index in [-0.39, 0.29) is 35.9 Å². The Hall–Kier alpha value is -2.03. The van der Waals surface area contributed by atoms with Crippen LogP contribution in [0.15, 0.2) is 46.0 Å². The highest BCUT2D eigenvalue weighted by Gasteiger charge is 2.12. The predicted molar refractivity (Wildman–Crippen MR) is 125 cm³/mol. The van der Waals surface area contributed by atoms with Crippen molar-refractivity contribution in [3.8, 4) is 0 Å². The molecular weight excluding hydrogens is 467 g/mol. The lowest BCUT2D eigenvalue weighted by atomic mass is 10.0. The van der Waals surface area contributed by atoms with E-state index in [0.29, 0.717) is 18.8 Å². The van der Waals surface area contributed by atoms with E-state index in [1.165, 1.54) is 17.4 Å². The van der Waals surface area contributed by atoms with Gasteiger partial charge in [-0.05, 0) is 51.3 Å². The first-order valence-corrected chi connectivity index (χ1v) is 9.45. The van der Waals surface area contributed by atoms with Crippen LogP contribution in [0, 0.1) is 13.8 Å². The summed E-state index contributed by atoms with van der Waals surface area (Å²) in [5.74, 6) is 0.974. The molecule has 7 heteroatoms. The van der Waals surface area contributed by atoms with Crippen LogP contribution in [0.5, 0.6) is 0 Å². The lowest BCUT2D eigenvalue weighted by molar-refractivity contribution is 0.0925. The summed E-state index contributed by atoms with van der Waals surface area (Å²) in [6, 6.07) is 10.3. The van der Waals surface area contributed by atoms with E-state index in [9.17, 15) is 4.79 Å². The summed E-state index contributed by atoms with van der Waals surface area (Å²) in [6.45, 7) is 10.1. The number of aryl methyl sites for hydroxylation is 2. The summed E-state index contributed by atoms with van der Waals surface area (Å²) in [5.41, 5.74) is 3.35. The number of furan rings is 1. The third-order valence-electron chi connectivity index (χ3n) is 4.31. The van der Waals surface area contributed by atoms with E-state index in [2.05, 4.69) is 46.9 Å². The van der Waals surface area contributed by atoms with Gasteiger partial charge in [-0.1, -0.05) is 24.3 Å². The van der Waals surface area contributed by atoms with Crippen molar-refractivity contribution in [3.63, 3.8) is 0 Å². The number of amides is 1. The Balaban J connectivity index is 0.00000392. The molecule has 28 heavy (non-hydrogen) atoms. The Morgan fingerprint density at radius 3 is 2.54 bits per heavy atom. The lowest BCUT2D eigenvalue weighted by Crippen LogP contribution is -2.39. The average Bonchev–Trinajstić information content (AvgIpc) is 3.07. The Bertz CT molecular complexity index is 773. The van der Waals surface area contributed by atoms with E-state index < -0.39 is 0 Å². The molecule has 1 aromatic carbocycles. The molecule has 0 saturated carbocycles. The molecule has 0 aliphatic rings. The number of hydrogen-bond acceptors (Lipinski definition) is 3. The highest BCUT2D eigenvalue weighted by atomic mass is 127. The zero-order chi connectivity index (χ0) is 19.6. The van der Waals surface area contributed by atoms with Crippen LogP contribution in [0.25, 0.3) is 0 Å². The number of hydrogen-bond donors (Lipinski definition) is 3. The number of nitrogens with zero attached hydrogens (tertiary/aromatic N) is 1. The van der Waals surface area contributed by atoms with Crippen LogP contribution in [0.2, 0.25) is 0 Å². The predicted octanol–water partition coefficient (Wildman–Crippen LogP) is 3.95. The monoisotopic (exact) mass is 498 g/mol. The minimum Gasteiger partial charge on any atom is -0.459 e. The summed E-state index contributed by atoms with van der Waals surface area (Å²) in [4.78, 5) is 16.6. The fraction of sp³-hybridized carbons (Fsp3) is 0.429. The summed E-state index contributed by atoms with van der Waals surface area (Å²) in [7, 11) is 0. The van der Waals surface area contributed by atoms with Crippen molar-refractivity contribution in [1.82, 2.24) is 16.0 Å². The molecule has 0 bridgehead atoms. The topological polar surface area (TPSA) is 78.7 Å². The number of halogens is 1. The van der Waals surface area contributed by atoms with Crippen molar-refractivity contribution >= 4 is 35.8 Å². The molecule has 154 valence electrons. The van der Waals surface area contributed by atoms with Crippen molar-refractivity contribution in [3.05, 3.63) is 59.0 Å². The third-order valence-corrected chi connectivity index (χ3v) is 4.31. The van der Waals surface area contributed by atoms with Gasteiger partial charge in [0.1, 0.15) is 0 Å². The SMILES string of the molecule is CCNC(=NCCCNC(=O)c1occc1C)NC(C)c1ccccc1C.I. The molecular formula is C21H31IN4O2. The molecule has 0 spiro atoms. The van der Waals surface area contributed by atoms with Crippen molar-refractivity contribution in [1.29, 1.82) is 0 Å². The molecule has 0 fully saturated rings. The first kappa shape index (κ1) is 24.0. The Morgan fingerprint density at radius 2 is 1.89 bits per heavy atom. The summed E-state index contributed by atoms with van der Waals surface area (Å²) >= 11 is 0. The summed E-state index contributed by atoms with van der Waals surface area (Å²) < 4.78 is 5.19. The molecule has 1 atom stereocenters. The molecule has 0 saturated heterocycles. The third kappa shape index (κ3) is 7.18. The van der Waals surface area contributed by atoms with Gasteiger partial charge in [0, 0.05) is 25.2 Å². The van der Waals surface area contributed by atoms with Crippen molar-refractivity contribution in [2.75, 3.05) is 19.6 Å². The van der Waals surface area contributed by atoms with Gasteiger partial charge in [0.25, 0.3) is 5.91 Å². The number of carbonyl (C=O) groups excluding carboxylic acids is 1. The fourth-order valence-corrected chi connectivity index (χ4v) is 2.83. The van der Waals surface area contributed by atoms with Gasteiger partial charge in [0.2, 0.25) is 0 Å². The molecule has 1 aromatic heterocycles. The van der Waals surface area contributed by atoms with Crippen LogP contribution in [-0.4, -0.2) is 31.5 Å². The van der Waals surface area contributed by atoms with Crippen LogP contribution in [-0.2, 0) is 0 Å². The van der Waals surface area contributed by atoms with E-state index in [1.807, 2.05) is 26.0 Å². The second-order valence-corrected chi connectivity index (χ2v) is 6.53. The number of nitrogens with one attached hydrogen (secondary N) is 3. The average molecular weight is 498 g/mol. The summed E-state index contributed by atoms with van der Waals surface area (Å²) in [5, 5.41) is 9.57. The quantitative estimate of drug-likeness (QED) is 0.223. The van der Waals surface area contributed by atoms with Crippen molar-refractivity contribution < 1.29 is 9.21 Å². The van der Waals surface area contributed by atoms with Crippen LogP contribution >= 0.6 is 24.0 Å². The van der Waals surface area contributed by atoms with Crippen LogP contribution in [0.1, 0.15) is 53.6 Å². The van der Waals surface area contributed by atoms with Gasteiger partial charge in [-0.2, -0.15) is 0 Å². The van der Waals surface area contributed by atoms with Gasteiger partial charge in [-0.3, -0.25) is 9.79 Å². The van der Waals surface area contributed by atoms with E-state index in [0.717, 1.165) is 24.5 Å². The Kier molecular flexibility index (Phi) is 10.7. The maximum absolute atomic E-state index is 12.0. The fourth-order valence-electron chi connectivity index (χ4n) is 2.83. The van der Waals surface area contributed by atoms with Gasteiger partial charge >= 0.3 is 0 Å². The zero-order valence-electron chi connectivity index (χ0n) is 17.0. The largest absolute Gasteiger partial charge is 0.459 e. The molecule has 0 aliphatic carbocycles. The second-order valence-electron chi connectivity index (χ2n) is 6.53. The Labute approximate surface area is 184 Å².